The lowest BCUT2D eigenvalue weighted by Gasteiger charge is -2.57. The van der Waals surface area contributed by atoms with Crippen LogP contribution < -0.4 is 10.6 Å². The minimum absolute atomic E-state index is 0.106. The van der Waals surface area contributed by atoms with Gasteiger partial charge in [0.05, 0.1) is 22.6 Å². The third-order valence-corrected chi connectivity index (χ3v) is 11.5. The zero-order valence-corrected chi connectivity index (χ0v) is 23.4. The molecule has 4 bridgehead atoms. The molecule has 39 heavy (non-hydrogen) atoms. The number of aromatic nitrogens is 1. The normalized spacial score (nSPS) is 31.2. The maximum atomic E-state index is 13.3. The summed E-state index contributed by atoms with van der Waals surface area (Å²) in [6.45, 7) is 1.87. The Balaban J connectivity index is 0.974. The van der Waals surface area contributed by atoms with Gasteiger partial charge in [0.1, 0.15) is 11.0 Å². The molecule has 2 N–H and O–H groups in total. The first-order valence-electron chi connectivity index (χ1n) is 14.0. The number of benzene rings is 1. The zero-order chi connectivity index (χ0) is 26.7. The van der Waals surface area contributed by atoms with Crippen molar-refractivity contribution in [2.45, 2.75) is 74.6 Å². The van der Waals surface area contributed by atoms with Crippen LogP contribution in [-0.4, -0.2) is 46.1 Å². The summed E-state index contributed by atoms with van der Waals surface area (Å²) in [4.78, 5) is 56.9. The van der Waals surface area contributed by atoms with E-state index in [4.69, 9.17) is 4.98 Å². The SMILES string of the molecule is O=C1CCC(N2C(=O)c3cccc(SCc4nc(CNCC56CC7CC(CC(C7)C5)C6)cs4)c3C2=O)C(=O)N1. The number of amides is 4. The maximum absolute atomic E-state index is 13.3. The predicted octanol–water partition coefficient (Wildman–Crippen LogP) is 4.14. The van der Waals surface area contributed by atoms with Crippen molar-refractivity contribution < 1.29 is 19.2 Å². The number of nitrogens with zero attached hydrogens (tertiary/aromatic N) is 2. The molecule has 4 saturated carbocycles. The summed E-state index contributed by atoms with van der Waals surface area (Å²) in [6.07, 6.45) is 8.84. The lowest BCUT2D eigenvalue weighted by molar-refractivity contribution is -0.136. The lowest BCUT2D eigenvalue weighted by atomic mass is 9.49. The van der Waals surface area contributed by atoms with Gasteiger partial charge in [-0.25, -0.2) is 4.98 Å². The van der Waals surface area contributed by atoms with Crippen molar-refractivity contribution >= 4 is 46.7 Å². The number of hydrogen-bond acceptors (Lipinski definition) is 8. The number of nitrogens with one attached hydrogen (secondary N) is 2. The second-order valence-corrected chi connectivity index (χ2v) is 14.1. The molecule has 4 amide bonds. The molecule has 0 spiro atoms. The van der Waals surface area contributed by atoms with Gasteiger partial charge in [0.15, 0.2) is 0 Å². The monoisotopic (exact) mass is 564 g/mol. The van der Waals surface area contributed by atoms with Crippen LogP contribution in [0.5, 0.6) is 0 Å². The Morgan fingerprint density at radius 2 is 1.79 bits per heavy atom. The second-order valence-electron chi connectivity index (χ2n) is 12.2. The number of rotatable bonds is 8. The number of carbonyl (C=O) groups excluding carboxylic acids is 4. The topological polar surface area (TPSA) is 108 Å². The van der Waals surface area contributed by atoms with Gasteiger partial charge in [-0.05, 0) is 80.2 Å². The smallest absolute Gasteiger partial charge is 0.263 e. The molecule has 204 valence electrons. The van der Waals surface area contributed by atoms with Crippen LogP contribution in [0.4, 0.5) is 0 Å². The van der Waals surface area contributed by atoms with E-state index in [-0.39, 0.29) is 18.7 Å². The average molecular weight is 565 g/mol. The fourth-order valence-corrected chi connectivity index (χ4v) is 10.1. The highest BCUT2D eigenvalue weighted by molar-refractivity contribution is 7.98. The Labute approximate surface area is 235 Å². The van der Waals surface area contributed by atoms with Crippen LogP contribution in [0.15, 0.2) is 28.5 Å². The molecule has 10 heteroatoms. The van der Waals surface area contributed by atoms with Crippen molar-refractivity contribution in [2.24, 2.45) is 23.2 Å². The molecule has 1 saturated heterocycles. The maximum Gasteiger partial charge on any atom is 0.263 e. The first-order valence-corrected chi connectivity index (χ1v) is 15.9. The first kappa shape index (κ1) is 25.4. The van der Waals surface area contributed by atoms with Gasteiger partial charge in [-0.1, -0.05) is 6.07 Å². The van der Waals surface area contributed by atoms with Gasteiger partial charge in [-0.2, -0.15) is 0 Å². The molecule has 1 aromatic heterocycles. The van der Waals surface area contributed by atoms with Crippen molar-refractivity contribution in [3.63, 3.8) is 0 Å². The summed E-state index contributed by atoms with van der Waals surface area (Å²) in [5, 5.41) is 9.06. The Bertz CT molecular complexity index is 1340. The highest BCUT2D eigenvalue weighted by atomic mass is 32.2. The molecule has 2 aliphatic heterocycles. The predicted molar refractivity (Wildman–Crippen MR) is 147 cm³/mol. The van der Waals surface area contributed by atoms with E-state index in [1.165, 1.54) is 50.3 Å². The fourth-order valence-electron chi connectivity index (χ4n) is 8.20. The minimum atomic E-state index is -0.958. The minimum Gasteiger partial charge on any atom is -0.311 e. The third-order valence-electron chi connectivity index (χ3n) is 9.35. The van der Waals surface area contributed by atoms with Crippen molar-refractivity contribution in [2.75, 3.05) is 6.54 Å². The van der Waals surface area contributed by atoms with Gasteiger partial charge < -0.3 is 5.32 Å². The summed E-state index contributed by atoms with van der Waals surface area (Å²) >= 11 is 3.10. The molecule has 5 fully saturated rings. The number of fused-ring (bicyclic) bond motifs is 1. The summed E-state index contributed by atoms with van der Waals surface area (Å²) in [5.41, 5.74) is 2.20. The summed E-state index contributed by atoms with van der Waals surface area (Å²) in [6, 6.07) is 4.27. The van der Waals surface area contributed by atoms with E-state index in [0.29, 0.717) is 27.2 Å². The molecule has 8 nitrogen and oxygen atoms in total. The van der Waals surface area contributed by atoms with E-state index < -0.39 is 23.8 Å². The van der Waals surface area contributed by atoms with Gasteiger partial charge in [0.2, 0.25) is 11.8 Å². The van der Waals surface area contributed by atoms with E-state index in [9.17, 15) is 19.2 Å². The number of hydrogen-bond donors (Lipinski definition) is 2. The van der Waals surface area contributed by atoms with Crippen LogP contribution in [0, 0.1) is 23.2 Å². The van der Waals surface area contributed by atoms with Gasteiger partial charge in [-0.15, -0.1) is 23.1 Å². The summed E-state index contributed by atoms with van der Waals surface area (Å²) in [5.74, 6) is 1.54. The van der Waals surface area contributed by atoms with E-state index >= 15 is 0 Å². The third kappa shape index (κ3) is 4.64. The summed E-state index contributed by atoms with van der Waals surface area (Å²) < 4.78 is 0. The number of imide groups is 2. The van der Waals surface area contributed by atoms with Crippen LogP contribution in [0.2, 0.25) is 0 Å². The van der Waals surface area contributed by atoms with Crippen molar-refractivity contribution in [3.05, 3.63) is 45.4 Å². The van der Waals surface area contributed by atoms with Crippen LogP contribution in [0.25, 0.3) is 0 Å². The molecule has 2 aromatic rings. The Morgan fingerprint density at radius 1 is 1.05 bits per heavy atom. The number of piperidine rings is 1. The largest absolute Gasteiger partial charge is 0.311 e. The number of thiazole rings is 1. The van der Waals surface area contributed by atoms with Crippen molar-refractivity contribution in [1.29, 1.82) is 0 Å². The molecule has 3 heterocycles. The quantitative estimate of drug-likeness (QED) is 0.366. The molecule has 1 atom stereocenters. The highest BCUT2D eigenvalue weighted by Gasteiger charge is 2.50. The number of carbonyl (C=O) groups is 4. The molecule has 1 aromatic carbocycles. The van der Waals surface area contributed by atoms with Crippen LogP contribution >= 0.6 is 23.1 Å². The van der Waals surface area contributed by atoms with Crippen LogP contribution in [0.3, 0.4) is 0 Å². The van der Waals surface area contributed by atoms with Crippen molar-refractivity contribution in [1.82, 2.24) is 20.5 Å². The molecule has 1 unspecified atom stereocenters. The Kier molecular flexibility index (Phi) is 6.40. The van der Waals surface area contributed by atoms with Gasteiger partial charge in [0.25, 0.3) is 11.8 Å². The van der Waals surface area contributed by atoms with E-state index in [1.54, 1.807) is 23.5 Å². The Hall–Kier alpha value is -2.56. The van der Waals surface area contributed by atoms with Gasteiger partial charge >= 0.3 is 0 Å². The van der Waals surface area contributed by atoms with Crippen LogP contribution in [0.1, 0.15) is 82.8 Å². The highest BCUT2D eigenvalue weighted by Crippen LogP contribution is 2.59. The zero-order valence-electron chi connectivity index (χ0n) is 21.7. The van der Waals surface area contributed by atoms with E-state index in [2.05, 4.69) is 16.0 Å². The Morgan fingerprint density at radius 3 is 2.51 bits per heavy atom. The first-order chi connectivity index (χ1) is 18.9. The molecular formula is C29H32N4O4S2. The summed E-state index contributed by atoms with van der Waals surface area (Å²) in [7, 11) is 0. The van der Waals surface area contributed by atoms with Crippen molar-refractivity contribution in [3.8, 4) is 0 Å². The second kappa shape index (κ2) is 9.82. The molecule has 6 aliphatic rings. The molecular weight excluding hydrogens is 532 g/mol. The lowest BCUT2D eigenvalue weighted by Crippen LogP contribution is -2.54. The number of thioether (sulfide) groups is 1. The fraction of sp³-hybridized carbons (Fsp3) is 0.552. The molecule has 4 aliphatic carbocycles. The van der Waals surface area contributed by atoms with Gasteiger partial charge in [0, 0.05) is 29.8 Å². The van der Waals surface area contributed by atoms with Crippen LogP contribution in [-0.2, 0) is 21.9 Å². The van der Waals surface area contributed by atoms with E-state index in [0.717, 1.165) is 46.4 Å². The van der Waals surface area contributed by atoms with E-state index in [1.807, 2.05) is 6.07 Å². The molecule has 0 radical (unpaired) electrons. The van der Waals surface area contributed by atoms with Gasteiger partial charge in [-0.3, -0.25) is 29.4 Å². The standard InChI is InChI=1S/C29H32N4O4S2/c34-23-5-4-21(26(35)32-23)33-27(36)20-2-1-3-22(25(20)28(33)37)38-14-24-31-19(13-39-24)12-30-15-29-9-16-6-17(10-29)8-18(7-16)11-29/h1-3,13,16-18,21,30H,4-12,14-15H2,(H,32,34,35). The molecule has 8 rings (SSSR count). The average Bonchev–Trinajstić information content (AvgIpc) is 3.44.